The second-order valence-electron chi connectivity index (χ2n) is 5.03. The van der Waals surface area contributed by atoms with Gasteiger partial charge in [-0.2, -0.15) is 0 Å². The molecule has 108 valence electrons. The van der Waals surface area contributed by atoms with E-state index in [1.807, 2.05) is 18.2 Å². The average molecular weight is 275 g/mol. The molecule has 1 aromatic carbocycles. The molecule has 0 spiro atoms. The lowest BCUT2D eigenvalue weighted by Crippen LogP contribution is -2.14. The summed E-state index contributed by atoms with van der Waals surface area (Å²) in [6.07, 6.45) is 5.01. The summed E-state index contributed by atoms with van der Waals surface area (Å²) in [4.78, 5) is 10.8. The summed E-state index contributed by atoms with van der Waals surface area (Å²) >= 11 is 0. The molecule has 0 saturated heterocycles. The minimum absolute atomic E-state index is 0.00956. The van der Waals surface area contributed by atoms with E-state index in [9.17, 15) is 4.79 Å². The first-order chi connectivity index (χ1) is 9.70. The highest BCUT2D eigenvalue weighted by atomic mass is 16.4. The Labute approximate surface area is 118 Å². The molecule has 0 radical (unpaired) electrons. The summed E-state index contributed by atoms with van der Waals surface area (Å²) in [5, 5.41) is 13.1. The molecule has 2 rings (SSSR count). The summed E-state index contributed by atoms with van der Waals surface area (Å²) in [5.74, 6) is -1.04. The van der Waals surface area contributed by atoms with Crippen molar-refractivity contribution in [2.24, 2.45) is 0 Å². The zero-order valence-electron chi connectivity index (χ0n) is 11.8. The van der Waals surface area contributed by atoms with Crippen molar-refractivity contribution < 1.29 is 14.3 Å². The van der Waals surface area contributed by atoms with Gasteiger partial charge in [-0.15, -0.1) is 0 Å². The van der Waals surface area contributed by atoms with Gasteiger partial charge in [0.05, 0.1) is 0 Å². The Hall–Kier alpha value is -1.81. The van der Waals surface area contributed by atoms with Gasteiger partial charge in [-0.3, -0.25) is 0 Å². The van der Waals surface area contributed by atoms with Gasteiger partial charge in [0.25, 0.3) is 0 Å². The Kier molecular flexibility index (Phi) is 5.18. The van der Waals surface area contributed by atoms with Crippen LogP contribution in [0.5, 0.6) is 0 Å². The topological polar surface area (TPSA) is 62.5 Å². The first kappa shape index (κ1) is 14.6. The van der Waals surface area contributed by atoms with Crippen LogP contribution < -0.4 is 5.32 Å². The third-order valence-electron chi connectivity index (χ3n) is 3.33. The van der Waals surface area contributed by atoms with Crippen LogP contribution in [-0.2, 0) is 6.54 Å². The standard InChI is InChI=1S/C16H21NO3/c1-2-3-4-5-8-17-11-12-6-7-14-13(9-12)10-15(20-14)16(18)19/h6-7,9-10,17H,2-5,8,11H2,1H3,(H,18,19). The van der Waals surface area contributed by atoms with Crippen LogP contribution in [0, 0.1) is 0 Å². The highest BCUT2D eigenvalue weighted by Crippen LogP contribution is 2.20. The molecule has 0 saturated carbocycles. The Morgan fingerprint density at radius 3 is 2.85 bits per heavy atom. The van der Waals surface area contributed by atoms with Crippen molar-refractivity contribution in [3.63, 3.8) is 0 Å². The van der Waals surface area contributed by atoms with E-state index in [0.29, 0.717) is 5.58 Å². The van der Waals surface area contributed by atoms with Gasteiger partial charge in [0.2, 0.25) is 5.76 Å². The normalized spacial score (nSPS) is 11.1. The number of hydrogen-bond acceptors (Lipinski definition) is 3. The number of carboxylic acids is 1. The highest BCUT2D eigenvalue weighted by molar-refractivity contribution is 5.91. The predicted octanol–water partition coefficient (Wildman–Crippen LogP) is 3.80. The number of carbonyl (C=O) groups is 1. The molecule has 4 heteroatoms. The van der Waals surface area contributed by atoms with E-state index in [1.54, 1.807) is 6.07 Å². The summed E-state index contributed by atoms with van der Waals surface area (Å²) in [6.45, 7) is 4.03. The van der Waals surface area contributed by atoms with Gasteiger partial charge in [0.15, 0.2) is 0 Å². The molecule has 1 aromatic heterocycles. The number of nitrogens with one attached hydrogen (secondary N) is 1. The minimum Gasteiger partial charge on any atom is -0.475 e. The maximum Gasteiger partial charge on any atom is 0.371 e. The van der Waals surface area contributed by atoms with Crippen LogP contribution in [0.15, 0.2) is 28.7 Å². The molecule has 4 nitrogen and oxygen atoms in total. The Morgan fingerprint density at radius 1 is 1.25 bits per heavy atom. The molecule has 0 aliphatic heterocycles. The molecule has 1 heterocycles. The van der Waals surface area contributed by atoms with Gasteiger partial charge in [0.1, 0.15) is 5.58 Å². The second-order valence-corrected chi connectivity index (χ2v) is 5.03. The van der Waals surface area contributed by atoms with Crippen molar-refractivity contribution in [1.82, 2.24) is 5.32 Å². The fourth-order valence-electron chi connectivity index (χ4n) is 2.22. The third-order valence-corrected chi connectivity index (χ3v) is 3.33. The van der Waals surface area contributed by atoms with Crippen molar-refractivity contribution in [2.45, 2.75) is 39.2 Å². The minimum atomic E-state index is -1.03. The summed E-state index contributed by atoms with van der Waals surface area (Å²) in [6, 6.07) is 7.35. The average Bonchev–Trinajstić information content (AvgIpc) is 2.86. The fraction of sp³-hybridized carbons (Fsp3) is 0.438. The van der Waals surface area contributed by atoms with Crippen molar-refractivity contribution in [1.29, 1.82) is 0 Å². The van der Waals surface area contributed by atoms with E-state index in [-0.39, 0.29) is 5.76 Å². The first-order valence-electron chi connectivity index (χ1n) is 7.17. The number of benzene rings is 1. The molecule has 0 aliphatic rings. The van der Waals surface area contributed by atoms with Crippen LogP contribution in [-0.4, -0.2) is 17.6 Å². The van der Waals surface area contributed by atoms with E-state index >= 15 is 0 Å². The number of hydrogen-bond donors (Lipinski definition) is 2. The molecular weight excluding hydrogens is 254 g/mol. The largest absolute Gasteiger partial charge is 0.475 e. The number of fused-ring (bicyclic) bond motifs is 1. The Balaban J connectivity index is 1.89. The molecule has 0 atom stereocenters. The molecule has 0 bridgehead atoms. The van der Waals surface area contributed by atoms with Gasteiger partial charge in [-0.25, -0.2) is 4.79 Å². The van der Waals surface area contributed by atoms with Crippen LogP contribution in [0.1, 0.15) is 48.7 Å². The number of rotatable bonds is 8. The molecule has 2 aromatic rings. The van der Waals surface area contributed by atoms with Crippen LogP contribution in [0.4, 0.5) is 0 Å². The molecular formula is C16H21NO3. The molecule has 0 amide bonds. The van der Waals surface area contributed by atoms with E-state index in [1.165, 1.54) is 25.7 Å². The number of aromatic carboxylic acids is 1. The van der Waals surface area contributed by atoms with E-state index in [2.05, 4.69) is 12.2 Å². The maximum atomic E-state index is 10.8. The van der Waals surface area contributed by atoms with Gasteiger partial charge in [-0.1, -0.05) is 32.3 Å². The van der Waals surface area contributed by atoms with E-state index < -0.39 is 5.97 Å². The fourth-order valence-corrected chi connectivity index (χ4v) is 2.22. The number of unbranched alkanes of at least 4 members (excludes halogenated alkanes) is 3. The third kappa shape index (κ3) is 3.84. The van der Waals surface area contributed by atoms with Gasteiger partial charge >= 0.3 is 5.97 Å². The zero-order chi connectivity index (χ0) is 14.4. The molecule has 2 N–H and O–H groups in total. The van der Waals surface area contributed by atoms with Gasteiger partial charge in [0, 0.05) is 11.9 Å². The number of carboxylic acid groups (broad SMARTS) is 1. The predicted molar refractivity (Wildman–Crippen MR) is 79.0 cm³/mol. The lowest BCUT2D eigenvalue weighted by atomic mass is 10.1. The Bertz CT molecular complexity index is 574. The quantitative estimate of drug-likeness (QED) is 0.719. The lowest BCUT2D eigenvalue weighted by Gasteiger charge is -2.04. The summed E-state index contributed by atoms with van der Waals surface area (Å²) in [5.41, 5.74) is 1.76. The lowest BCUT2D eigenvalue weighted by molar-refractivity contribution is 0.0665. The SMILES string of the molecule is CCCCCCNCc1ccc2oc(C(=O)O)cc2c1. The van der Waals surface area contributed by atoms with Crippen LogP contribution >= 0.6 is 0 Å². The molecule has 0 aliphatic carbocycles. The zero-order valence-corrected chi connectivity index (χ0v) is 11.8. The van der Waals surface area contributed by atoms with Crippen LogP contribution in [0.25, 0.3) is 11.0 Å². The molecule has 0 fully saturated rings. The van der Waals surface area contributed by atoms with Gasteiger partial charge in [-0.05, 0) is 36.7 Å². The van der Waals surface area contributed by atoms with Crippen molar-refractivity contribution in [3.8, 4) is 0 Å². The Morgan fingerprint density at radius 2 is 2.10 bits per heavy atom. The maximum absolute atomic E-state index is 10.8. The molecule has 0 unspecified atom stereocenters. The monoisotopic (exact) mass is 275 g/mol. The van der Waals surface area contributed by atoms with E-state index in [0.717, 1.165) is 24.0 Å². The summed E-state index contributed by atoms with van der Waals surface area (Å²) in [7, 11) is 0. The van der Waals surface area contributed by atoms with Crippen molar-refractivity contribution >= 4 is 16.9 Å². The van der Waals surface area contributed by atoms with Crippen LogP contribution in [0.3, 0.4) is 0 Å². The number of furan rings is 1. The van der Waals surface area contributed by atoms with Crippen molar-refractivity contribution in [3.05, 3.63) is 35.6 Å². The van der Waals surface area contributed by atoms with Gasteiger partial charge < -0.3 is 14.8 Å². The smallest absolute Gasteiger partial charge is 0.371 e. The van der Waals surface area contributed by atoms with E-state index in [4.69, 9.17) is 9.52 Å². The molecule has 20 heavy (non-hydrogen) atoms. The highest BCUT2D eigenvalue weighted by Gasteiger charge is 2.10. The van der Waals surface area contributed by atoms with Crippen LogP contribution in [0.2, 0.25) is 0 Å². The first-order valence-corrected chi connectivity index (χ1v) is 7.17. The second kappa shape index (κ2) is 7.10. The summed E-state index contributed by atoms with van der Waals surface area (Å²) < 4.78 is 5.23. The van der Waals surface area contributed by atoms with Crippen molar-refractivity contribution in [2.75, 3.05) is 6.54 Å².